The Labute approximate surface area is 119 Å². The van der Waals surface area contributed by atoms with E-state index in [9.17, 15) is 5.11 Å². The van der Waals surface area contributed by atoms with Crippen LogP contribution in [0.2, 0.25) is 0 Å². The number of nitrogen functional groups attached to an aromatic ring is 1. The van der Waals surface area contributed by atoms with Crippen LogP contribution < -0.4 is 5.73 Å². The van der Waals surface area contributed by atoms with Crippen LogP contribution in [0.15, 0.2) is 52.1 Å². The van der Waals surface area contributed by atoms with Gasteiger partial charge in [-0.1, -0.05) is 18.2 Å². The molecule has 2 aromatic rings. The average molecular weight is 325 g/mol. The van der Waals surface area contributed by atoms with Gasteiger partial charge in [-0.2, -0.15) is 0 Å². The fourth-order valence-corrected chi connectivity index (χ4v) is 2.97. The van der Waals surface area contributed by atoms with Crippen molar-refractivity contribution in [3.05, 3.63) is 52.6 Å². The fourth-order valence-electron chi connectivity index (χ4n) is 1.54. The summed E-state index contributed by atoms with van der Waals surface area (Å²) in [5.74, 6) is 0.518. The maximum atomic E-state index is 10.1. The highest BCUT2D eigenvalue weighted by Gasteiger charge is 2.12. The van der Waals surface area contributed by atoms with Crippen molar-refractivity contribution in [1.82, 2.24) is 4.98 Å². The van der Waals surface area contributed by atoms with Gasteiger partial charge in [-0.05, 0) is 34.1 Å². The second-order valence-electron chi connectivity index (χ2n) is 3.75. The number of hydrogen-bond acceptors (Lipinski definition) is 4. The van der Waals surface area contributed by atoms with Gasteiger partial charge in [0.1, 0.15) is 5.03 Å². The summed E-state index contributed by atoms with van der Waals surface area (Å²) >= 11 is 4.92. The van der Waals surface area contributed by atoms with Crippen LogP contribution in [0, 0.1) is 0 Å². The zero-order chi connectivity index (χ0) is 13.0. The first-order valence-electron chi connectivity index (χ1n) is 5.44. The standard InChI is InChI=1S/C13H13BrN2OS/c14-10-5-3-7-16-13(10)18-8-12(17)9-4-1-2-6-11(9)15/h1-7,12,17H,8,15H2. The van der Waals surface area contributed by atoms with Gasteiger partial charge in [0.15, 0.2) is 0 Å². The molecule has 3 nitrogen and oxygen atoms in total. The largest absolute Gasteiger partial charge is 0.398 e. The number of nitrogens with two attached hydrogens (primary N) is 1. The van der Waals surface area contributed by atoms with Crippen molar-refractivity contribution >= 4 is 33.4 Å². The van der Waals surface area contributed by atoms with E-state index >= 15 is 0 Å². The van der Waals surface area contributed by atoms with Crippen LogP contribution in [-0.4, -0.2) is 15.8 Å². The van der Waals surface area contributed by atoms with Crippen LogP contribution in [0.25, 0.3) is 0 Å². The number of aromatic nitrogens is 1. The molecule has 1 atom stereocenters. The van der Waals surface area contributed by atoms with E-state index in [0.717, 1.165) is 15.1 Å². The van der Waals surface area contributed by atoms with Crippen LogP contribution in [0.4, 0.5) is 5.69 Å². The van der Waals surface area contributed by atoms with Gasteiger partial charge >= 0.3 is 0 Å². The number of rotatable bonds is 4. The molecule has 0 fully saturated rings. The fraction of sp³-hybridized carbons (Fsp3) is 0.154. The van der Waals surface area contributed by atoms with Crippen molar-refractivity contribution < 1.29 is 5.11 Å². The van der Waals surface area contributed by atoms with Crippen LogP contribution >= 0.6 is 27.7 Å². The quantitative estimate of drug-likeness (QED) is 0.669. The Morgan fingerprint density at radius 2 is 2.06 bits per heavy atom. The van der Waals surface area contributed by atoms with Gasteiger partial charge in [0.05, 0.1) is 6.10 Å². The summed E-state index contributed by atoms with van der Waals surface area (Å²) in [5, 5.41) is 11.0. The molecule has 0 saturated carbocycles. The Hall–Kier alpha value is -1.04. The Morgan fingerprint density at radius 3 is 2.78 bits per heavy atom. The van der Waals surface area contributed by atoms with Gasteiger partial charge in [-0.15, -0.1) is 11.8 Å². The van der Waals surface area contributed by atoms with Crippen molar-refractivity contribution in [2.45, 2.75) is 11.1 Å². The third-order valence-electron chi connectivity index (χ3n) is 2.46. The monoisotopic (exact) mass is 324 g/mol. The van der Waals surface area contributed by atoms with E-state index in [1.54, 1.807) is 12.3 Å². The summed E-state index contributed by atoms with van der Waals surface area (Å²) in [6, 6.07) is 11.1. The lowest BCUT2D eigenvalue weighted by Gasteiger charge is -2.12. The number of aliphatic hydroxyl groups is 1. The Morgan fingerprint density at radius 1 is 1.28 bits per heavy atom. The van der Waals surface area contributed by atoms with Crippen molar-refractivity contribution in [2.75, 3.05) is 11.5 Å². The van der Waals surface area contributed by atoms with E-state index < -0.39 is 6.10 Å². The molecule has 0 saturated heterocycles. The van der Waals surface area contributed by atoms with Crippen molar-refractivity contribution in [3.8, 4) is 0 Å². The van der Waals surface area contributed by atoms with Crippen LogP contribution in [0.3, 0.4) is 0 Å². The summed E-state index contributed by atoms with van der Waals surface area (Å²) in [7, 11) is 0. The molecule has 1 aromatic heterocycles. The number of halogens is 1. The van der Waals surface area contributed by atoms with Crippen molar-refractivity contribution in [3.63, 3.8) is 0 Å². The number of pyridine rings is 1. The molecular weight excluding hydrogens is 312 g/mol. The second-order valence-corrected chi connectivity index (χ2v) is 5.61. The molecule has 0 radical (unpaired) electrons. The van der Waals surface area contributed by atoms with Crippen LogP contribution in [0.1, 0.15) is 11.7 Å². The van der Waals surface area contributed by atoms with Gasteiger partial charge in [-0.25, -0.2) is 4.98 Å². The van der Waals surface area contributed by atoms with E-state index in [1.807, 2.05) is 30.3 Å². The Kier molecular flexibility index (Phi) is 4.63. The molecule has 18 heavy (non-hydrogen) atoms. The van der Waals surface area contributed by atoms with E-state index in [2.05, 4.69) is 20.9 Å². The topological polar surface area (TPSA) is 59.1 Å². The Balaban J connectivity index is 2.03. The summed E-state index contributed by atoms with van der Waals surface area (Å²) in [6.45, 7) is 0. The molecule has 1 heterocycles. The molecule has 0 aliphatic rings. The minimum Gasteiger partial charge on any atom is -0.398 e. The lowest BCUT2D eigenvalue weighted by atomic mass is 10.1. The smallest absolute Gasteiger partial charge is 0.110 e. The minimum absolute atomic E-state index is 0.518. The maximum Gasteiger partial charge on any atom is 0.110 e. The molecule has 0 amide bonds. The predicted octanol–water partition coefficient (Wildman–Crippen LogP) is 3.25. The Bertz CT molecular complexity index is 536. The zero-order valence-corrected chi connectivity index (χ0v) is 12.0. The molecule has 5 heteroatoms. The second kappa shape index (κ2) is 6.22. The molecule has 0 aliphatic heterocycles. The molecule has 94 valence electrons. The average Bonchev–Trinajstić information content (AvgIpc) is 2.38. The van der Waals surface area contributed by atoms with E-state index in [0.29, 0.717) is 11.4 Å². The molecule has 3 N–H and O–H groups in total. The predicted molar refractivity (Wildman–Crippen MR) is 78.5 cm³/mol. The summed E-state index contributed by atoms with van der Waals surface area (Å²) in [6.07, 6.45) is 1.14. The van der Waals surface area contributed by atoms with Gasteiger partial charge in [-0.3, -0.25) is 0 Å². The molecule has 0 spiro atoms. The van der Waals surface area contributed by atoms with Gasteiger partial charge < -0.3 is 10.8 Å². The summed E-state index contributed by atoms with van der Waals surface area (Å²) in [4.78, 5) is 4.24. The zero-order valence-electron chi connectivity index (χ0n) is 9.58. The molecule has 1 unspecified atom stereocenters. The third kappa shape index (κ3) is 3.25. The highest BCUT2D eigenvalue weighted by atomic mass is 79.9. The van der Waals surface area contributed by atoms with Crippen LogP contribution in [0.5, 0.6) is 0 Å². The number of nitrogens with zero attached hydrogens (tertiary/aromatic N) is 1. The highest BCUT2D eigenvalue weighted by molar-refractivity contribution is 9.10. The molecule has 0 aliphatic carbocycles. The van der Waals surface area contributed by atoms with Gasteiger partial charge in [0, 0.05) is 27.7 Å². The number of hydrogen-bond donors (Lipinski definition) is 2. The van der Waals surface area contributed by atoms with Crippen LogP contribution in [-0.2, 0) is 0 Å². The molecular formula is C13H13BrN2OS. The first-order chi connectivity index (χ1) is 8.68. The van der Waals surface area contributed by atoms with Crippen molar-refractivity contribution in [1.29, 1.82) is 0 Å². The van der Waals surface area contributed by atoms with Crippen molar-refractivity contribution in [2.24, 2.45) is 0 Å². The number of para-hydroxylation sites is 1. The van der Waals surface area contributed by atoms with Gasteiger partial charge in [0.2, 0.25) is 0 Å². The highest BCUT2D eigenvalue weighted by Crippen LogP contribution is 2.30. The maximum absolute atomic E-state index is 10.1. The third-order valence-corrected chi connectivity index (χ3v) is 4.44. The normalized spacial score (nSPS) is 12.3. The first-order valence-corrected chi connectivity index (χ1v) is 7.22. The van der Waals surface area contributed by atoms with Gasteiger partial charge in [0.25, 0.3) is 0 Å². The number of benzene rings is 1. The number of thioether (sulfide) groups is 1. The molecule has 2 rings (SSSR count). The van der Waals surface area contributed by atoms with E-state index in [4.69, 9.17) is 5.73 Å². The molecule has 1 aromatic carbocycles. The lowest BCUT2D eigenvalue weighted by Crippen LogP contribution is -2.04. The number of anilines is 1. The lowest BCUT2D eigenvalue weighted by molar-refractivity contribution is 0.205. The minimum atomic E-state index is -0.592. The molecule has 0 bridgehead atoms. The summed E-state index contributed by atoms with van der Waals surface area (Å²) < 4.78 is 0.934. The number of aliphatic hydroxyl groups excluding tert-OH is 1. The summed E-state index contributed by atoms with van der Waals surface area (Å²) in [5.41, 5.74) is 7.20. The SMILES string of the molecule is Nc1ccccc1C(O)CSc1ncccc1Br. The van der Waals surface area contributed by atoms with E-state index in [-0.39, 0.29) is 0 Å². The van der Waals surface area contributed by atoms with E-state index in [1.165, 1.54) is 11.8 Å². The first kappa shape index (κ1) is 13.4.